The molecule has 0 atom stereocenters. The fourth-order valence-corrected chi connectivity index (χ4v) is 10.7. The van der Waals surface area contributed by atoms with Gasteiger partial charge in [0.05, 0.1) is 0 Å². The van der Waals surface area contributed by atoms with Gasteiger partial charge in [-0.1, -0.05) is 218 Å². The Kier molecular flexibility index (Phi) is 8.96. The summed E-state index contributed by atoms with van der Waals surface area (Å²) in [5.41, 5.74) is 17.1. The number of benzene rings is 13. The summed E-state index contributed by atoms with van der Waals surface area (Å²) < 4.78 is 0. The van der Waals surface area contributed by atoms with Crippen LogP contribution in [0.25, 0.3) is 132 Å². The SMILES string of the molecule is c1ccc(-c2cc(-c3ccccc3)cc(-c3c4ccccc4c(-c4ccc5ccc6c(-c7cc(-c8ccccc8)cc(-c8ccccc8)c7)ccc7ccc4c5c76)c4ccccc34)c2)cc1. The molecule has 0 bridgehead atoms. The van der Waals surface area contributed by atoms with E-state index in [-0.39, 0.29) is 0 Å². The number of fused-ring (bicyclic) bond motifs is 2. The minimum Gasteiger partial charge on any atom is -0.0622 e. The second-order valence-corrected chi connectivity index (χ2v) is 17.6. The summed E-state index contributed by atoms with van der Waals surface area (Å²) in [6, 6.07) is 94.2. The van der Waals surface area contributed by atoms with Crippen molar-refractivity contribution < 1.29 is 0 Å². The third kappa shape index (κ3) is 6.30. The van der Waals surface area contributed by atoms with Crippen LogP contribution >= 0.6 is 0 Å². The van der Waals surface area contributed by atoms with Gasteiger partial charge in [0.15, 0.2) is 0 Å². The van der Waals surface area contributed by atoms with Crippen LogP contribution in [0, 0.1) is 0 Å². The first kappa shape index (κ1) is 37.9. The highest BCUT2D eigenvalue weighted by molar-refractivity contribution is 6.30. The molecule has 13 aromatic rings. The zero-order valence-electron chi connectivity index (χ0n) is 36.2. The van der Waals surface area contributed by atoms with Gasteiger partial charge < -0.3 is 0 Å². The number of hydrogen-bond donors (Lipinski definition) is 0. The second kappa shape index (κ2) is 15.6. The Labute approximate surface area is 384 Å². The van der Waals surface area contributed by atoms with Crippen molar-refractivity contribution in [2.75, 3.05) is 0 Å². The zero-order chi connectivity index (χ0) is 43.6. The highest BCUT2D eigenvalue weighted by Gasteiger charge is 2.22. The van der Waals surface area contributed by atoms with Gasteiger partial charge in [0, 0.05) is 0 Å². The maximum Gasteiger partial charge on any atom is -0.00201 e. The lowest BCUT2D eigenvalue weighted by Crippen LogP contribution is -1.94. The van der Waals surface area contributed by atoms with Gasteiger partial charge in [0.25, 0.3) is 0 Å². The van der Waals surface area contributed by atoms with Crippen molar-refractivity contribution in [1.82, 2.24) is 0 Å². The molecule has 0 spiro atoms. The van der Waals surface area contributed by atoms with Gasteiger partial charge in [-0.2, -0.15) is 0 Å². The van der Waals surface area contributed by atoms with E-state index in [4.69, 9.17) is 0 Å². The van der Waals surface area contributed by atoms with Gasteiger partial charge in [-0.05, 0) is 168 Å². The standard InChI is InChI=1S/C66H42/c1-5-17-43(18-6-1)49-37-50(44-19-7-2-8-20-44)40-53(39-49)55-33-29-47-31-35-61-62(36-32-48-30-34-60(55)64(47)65(48)61)66-58-27-15-13-25-56(58)63(57-26-14-16-28-59(57)66)54-41-51(45-21-9-3-10-22-45)38-52(42-54)46-23-11-4-12-24-46/h1-42H. The first-order chi connectivity index (χ1) is 32.7. The Balaban J connectivity index is 1.05. The molecule has 0 nitrogen and oxygen atoms in total. The van der Waals surface area contributed by atoms with Crippen LogP contribution in [0.1, 0.15) is 0 Å². The van der Waals surface area contributed by atoms with Crippen LogP contribution in [0.15, 0.2) is 255 Å². The van der Waals surface area contributed by atoms with Crippen molar-refractivity contribution in [2.45, 2.75) is 0 Å². The van der Waals surface area contributed by atoms with E-state index in [2.05, 4.69) is 255 Å². The van der Waals surface area contributed by atoms with Crippen molar-refractivity contribution in [3.05, 3.63) is 255 Å². The lowest BCUT2D eigenvalue weighted by atomic mass is 9.82. The van der Waals surface area contributed by atoms with Crippen LogP contribution < -0.4 is 0 Å². The molecule has 0 unspecified atom stereocenters. The summed E-state index contributed by atoms with van der Waals surface area (Å²) >= 11 is 0. The first-order valence-corrected chi connectivity index (χ1v) is 22.9. The molecular formula is C66H42. The molecule has 0 aliphatic heterocycles. The predicted molar refractivity (Wildman–Crippen MR) is 283 cm³/mol. The summed E-state index contributed by atoms with van der Waals surface area (Å²) in [5, 5.41) is 12.7. The Bertz CT molecular complexity index is 3770. The van der Waals surface area contributed by atoms with Gasteiger partial charge in [0.1, 0.15) is 0 Å². The summed E-state index contributed by atoms with van der Waals surface area (Å²) in [4.78, 5) is 0. The fourth-order valence-electron chi connectivity index (χ4n) is 10.7. The quantitative estimate of drug-likeness (QED) is 0.111. The predicted octanol–water partition coefficient (Wildman–Crippen LogP) is 18.6. The van der Waals surface area contributed by atoms with Crippen molar-refractivity contribution in [1.29, 1.82) is 0 Å². The molecule has 13 rings (SSSR count). The molecule has 306 valence electrons. The monoisotopic (exact) mass is 834 g/mol. The summed E-state index contributed by atoms with van der Waals surface area (Å²) in [5.74, 6) is 0. The maximum atomic E-state index is 2.39. The molecule has 0 fully saturated rings. The normalized spacial score (nSPS) is 11.6. The largest absolute Gasteiger partial charge is 0.0622 e. The van der Waals surface area contributed by atoms with Crippen molar-refractivity contribution in [3.8, 4) is 77.9 Å². The van der Waals surface area contributed by atoms with Gasteiger partial charge in [-0.15, -0.1) is 0 Å². The van der Waals surface area contributed by atoms with Crippen LogP contribution in [0.3, 0.4) is 0 Å². The van der Waals surface area contributed by atoms with E-state index in [0.717, 1.165) is 0 Å². The molecule has 0 heterocycles. The fraction of sp³-hybridized carbons (Fsp3) is 0. The van der Waals surface area contributed by atoms with E-state index in [9.17, 15) is 0 Å². The highest BCUT2D eigenvalue weighted by atomic mass is 14.2. The number of rotatable bonds is 7. The topological polar surface area (TPSA) is 0 Å². The van der Waals surface area contributed by atoms with Crippen LogP contribution in [0.5, 0.6) is 0 Å². The second-order valence-electron chi connectivity index (χ2n) is 17.6. The van der Waals surface area contributed by atoms with Gasteiger partial charge in [-0.25, -0.2) is 0 Å². The molecule has 0 saturated heterocycles. The Morgan fingerprint density at radius 2 is 0.470 bits per heavy atom. The summed E-state index contributed by atoms with van der Waals surface area (Å²) in [6.45, 7) is 0. The van der Waals surface area contributed by atoms with Crippen LogP contribution in [-0.2, 0) is 0 Å². The molecule has 0 amide bonds. The average molecular weight is 835 g/mol. The van der Waals surface area contributed by atoms with E-state index in [1.54, 1.807) is 0 Å². The van der Waals surface area contributed by atoms with Crippen molar-refractivity contribution in [3.63, 3.8) is 0 Å². The molecule has 0 N–H and O–H groups in total. The van der Waals surface area contributed by atoms with Crippen LogP contribution in [-0.4, -0.2) is 0 Å². The molecule has 0 saturated carbocycles. The Morgan fingerprint density at radius 3 is 0.879 bits per heavy atom. The summed E-state index contributed by atoms with van der Waals surface area (Å²) in [7, 11) is 0. The molecule has 0 aromatic heterocycles. The lowest BCUT2D eigenvalue weighted by Gasteiger charge is -2.21. The van der Waals surface area contributed by atoms with Gasteiger partial charge >= 0.3 is 0 Å². The molecule has 0 radical (unpaired) electrons. The van der Waals surface area contributed by atoms with Gasteiger partial charge in [-0.3, -0.25) is 0 Å². The first-order valence-electron chi connectivity index (χ1n) is 22.9. The Morgan fingerprint density at radius 1 is 0.167 bits per heavy atom. The van der Waals surface area contributed by atoms with Crippen LogP contribution in [0.4, 0.5) is 0 Å². The molecule has 66 heavy (non-hydrogen) atoms. The maximum absolute atomic E-state index is 2.39. The van der Waals surface area contributed by atoms with Crippen LogP contribution in [0.2, 0.25) is 0 Å². The minimum atomic E-state index is 1.21. The summed E-state index contributed by atoms with van der Waals surface area (Å²) in [6.07, 6.45) is 0. The van der Waals surface area contributed by atoms with E-state index >= 15 is 0 Å². The van der Waals surface area contributed by atoms with Crippen molar-refractivity contribution in [2.24, 2.45) is 0 Å². The van der Waals surface area contributed by atoms with Gasteiger partial charge in [0.2, 0.25) is 0 Å². The molecule has 13 aromatic carbocycles. The third-order valence-electron chi connectivity index (χ3n) is 13.8. The molecular weight excluding hydrogens is 793 g/mol. The molecule has 0 aliphatic rings. The lowest BCUT2D eigenvalue weighted by molar-refractivity contribution is 1.58. The number of hydrogen-bond acceptors (Lipinski definition) is 0. The third-order valence-corrected chi connectivity index (χ3v) is 13.8. The van der Waals surface area contributed by atoms with E-state index in [0.29, 0.717) is 0 Å². The highest BCUT2D eigenvalue weighted by Crippen LogP contribution is 2.49. The van der Waals surface area contributed by atoms with E-state index < -0.39 is 0 Å². The van der Waals surface area contributed by atoms with Crippen molar-refractivity contribution >= 4 is 53.9 Å². The van der Waals surface area contributed by atoms with E-state index in [1.165, 1.54) is 132 Å². The Hall–Kier alpha value is -8.58. The average Bonchev–Trinajstić information content (AvgIpc) is 3.40. The smallest absolute Gasteiger partial charge is 0.00201 e. The zero-order valence-corrected chi connectivity index (χ0v) is 36.2. The van der Waals surface area contributed by atoms with E-state index in [1.807, 2.05) is 0 Å². The molecule has 0 heteroatoms. The molecule has 0 aliphatic carbocycles. The minimum absolute atomic E-state index is 1.21.